The zero-order valence-corrected chi connectivity index (χ0v) is 10.6. The number of aromatic nitrogens is 2. The van der Waals surface area contributed by atoms with Crippen molar-refractivity contribution in [2.75, 3.05) is 5.32 Å². The third kappa shape index (κ3) is 2.28. The van der Waals surface area contributed by atoms with Crippen molar-refractivity contribution in [1.82, 2.24) is 9.36 Å². The molecule has 2 rings (SSSR count). The second-order valence-corrected chi connectivity index (χ2v) is 5.09. The molecule has 0 saturated carbocycles. The number of hydrogen-bond acceptors (Lipinski definition) is 6. The fourth-order valence-corrected chi connectivity index (χ4v) is 2.78. The van der Waals surface area contributed by atoms with Gasteiger partial charge in [-0.25, -0.2) is 0 Å². The Hall–Kier alpha value is -1.27. The van der Waals surface area contributed by atoms with Gasteiger partial charge in [-0.15, -0.1) is 11.3 Å². The molecule has 4 nitrogen and oxygen atoms in total. The molecule has 2 aromatic heterocycles. The summed E-state index contributed by atoms with van der Waals surface area (Å²) in [6.07, 6.45) is 1.82. The van der Waals surface area contributed by atoms with Crippen molar-refractivity contribution in [3.8, 4) is 0 Å². The van der Waals surface area contributed by atoms with Gasteiger partial charge in [0.1, 0.15) is 5.00 Å². The van der Waals surface area contributed by atoms with Crippen LogP contribution >= 0.6 is 22.9 Å². The Balaban J connectivity index is 2.13. The van der Waals surface area contributed by atoms with Gasteiger partial charge in [-0.3, -0.25) is 9.78 Å². The van der Waals surface area contributed by atoms with Crippen LogP contribution in [0.4, 0.5) is 5.00 Å². The fourth-order valence-electron chi connectivity index (χ4n) is 1.40. The van der Waals surface area contributed by atoms with Crippen molar-refractivity contribution in [1.29, 1.82) is 0 Å². The number of anilines is 1. The molecule has 2 heterocycles. The van der Waals surface area contributed by atoms with Gasteiger partial charge in [-0.1, -0.05) is 0 Å². The van der Waals surface area contributed by atoms with Gasteiger partial charge in [0.15, 0.2) is 5.78 Å². The van der Waals surface area contributed by atoms with Crippen LogP contribution in [0.15, 0.2) is 11.7 Å². The van der Waals surface area contributed by atoms with Gasteiger partial charge in [-0.05, 0) is 25.4 Å². The topological polar surface area (TPSA) is 54.9 Å². The van der Waals surface area contributed by atoms with E-state index in [0.29, 0.717) is 12.1 Å². The van der Waals surface area contributed by atoms with Crippen LogP contribution in [-0.4, -0.2) is 15.1 Å². The van der Waals surface area contributed by atoms with Crippen LogP contribution in [-0.2, 0) is 6.54 Å². The number of thiazole rings is 1. The van der Waals surface area contributed by atoms with Crippen LogP contribution < -0.4 is 5.32 Å². The lowest BCUT2D eigenvalue weighted by Gasteiger charge is -2.02. The quantitative estimate of drug-likeness (QED) is 0.851. The molecule has 0 spiro atoms. The first-order valence-electron chi connectivity index (χ1n) is 4.77. The number of ketones is 1. The molecule has 0 amide bonds. The highest BCUT2D eigenvalue weighted by molar-refractivity contribution is 7.11. The molecule has 2 aromatic rings. The standard InChI is InChI=1S/C10H11N3OS2/c1-6-9(7(2)14)10(16-13-6)12-4-8-3-11-5-15-8/h3,5,12H,4H2,1-2H3. The minimum absolute atomic E-state index is 0.0538. The molecule has 0 fully saturated rings. The molecule has 0 unspecified atom stereocenters. The van der Waals surface area contributed by atoms with Crippen molar-refractivity contribution >= 4 is 33.7 Å². The minimum atomic E-state index is 0.0538. The summed E-state index contributed by atoms with van der Waals surface area (Å²) >= 11 is 2.92. The maximum absolute atomic E-state index is 11.4. The van der Waals surface area contributed by atoms with Gasteiger partial charge in [0, 0.05) is 11.1 Å². The third-order valence-corrected chi connectivity index (χ3v) is 3.80. The highest BCUT2D eigenvalue weighted by atomic mass is 32.1. The molecule has 0 radical (unpaired) electrons. The summed E-state index contributed by atoms with van der Waals surface area (Å²) in [6.45, 7) is 4.10. The Labute approximate surface area is 102 Å². The zero-order valence-electron chi connectivity index (χ0n) is 8.98. The second kappa shape index (κ2) is 4.71. The molecule has 6 heteroatoms. The fraction of sp³-hybridized carbons (Fsp3) is 0.300. The predicted octanol–water partition coefficient (Wildman–Crippen LogP) is 2.72. The first kappa shape index (κ1) is 11.2. The van der Waals surface area contributed by atoms with E-state index in [-0.39, 0.29) is 5.78 Å². The average molecular weight is 253 g/mol. The number of hydrogen-bond donors (Lipinski definition) is 1. The lowest BCUT2D eigenvalue weighted by Crippen LogP contribution is -2.02. The van der Waals surface area contributed by atoms with Gasteiger partial charge in [0.25, 0.3) is 0 Å². The van der Waals surface area contributed by atoms with Crippen molar-refractivity contribution < 1.29 is 4.79 Å². The number of nitrogens with one attached hydrogen (secondary N) is 1. The largest absolute Gasteiger partial charge is 0.370 e. The van der Waals surface area contributed by atoms with Crippen LogP contribution in [0, 0.1) is 6.92 Å². The Morgan fingerprint density at radius 2 is 2.38 bits per heavy atom. The molecule has 0 aromatic carbocycles. The maximum Gasteiger partial charge on any atom is 0.164 e. The summed E-state index contributed by atoms with van der Waals surface area (Å²) in [6, 6.07) is 0. The normalized spacial score (nSPS) is 10.4. The minimum Gasteiger partial charge on any atom is -0.370 e. The Kier molecular flexibility index (Phi) is 3.31. The molecule has 0 aliphatic heterocycles. The molecule has 0 aliphatic rings. The summed E-state index contributed by atoms with van der Waals surface area (Å²) < 4.78 is 4.18. The van der Waals surface area contributed by atoms with Crippen molar-refractivity contribution in [3.63, 3.8) is 0 Å². The number of aryl methyl sites for hydroxylation is 1. The van der Waals surface area contributed by atoms with Crippen LogP contribution in [0.1, 0.15) is 27.9 Å². The van der Waals surface area contributed by atoms with E-state index in [4.69, 9.17) is 0 Å². The smallest absolute Gasteiger partial charge is 0.164 e. The van der Waals surface area contributed by atoms with Gasteiger partial charge in [-0.2, -0.15) is 4.37 Å². The molecule has 84 valence electrons. The summed E-state index contributed by atoms with van der Waals surface area (Å²) in [5, 5.41) is 4.07. The molecular formula is C10H11N3OS2. The van der Waals surface area contributed by atoms with E-state index in [2.05, 4.69) is 14.7 Å². The van der Waals surface area contributed by atoms with Gasteiger partial charge in [0.05, 0.1) is 23.3 Å². The zero-order chi connectivity index (χ0) is 11.5. The second-order valence-electron chi connectivity index (χ2n) is 3.35. The van der Waals surface area contributed by atoms with Gasteiger partial charge < -0.3 is 5.32 Å². The van der Waals surface area contributed by atoms with Gasteiger partial charge in [0.2, 0.25) is 0 Å². The van der Waals surface area contributed by atoms with E-state index in [0.717, 1.165) is 15.6 Å². The van der Waals surface area contributed by atoms with E-state index in [9.17, 15) is 4.79 Å². The molecule has 0 atom stereocenters. The lowest BCUT2D eigenvalue weighted by molar-refractivity contribution is 0.101. The predicted molar refractivity (Wildman–Crippen MR) is 66.3 cm³/mol. The van der Waals surface area contributed by atoms with Crippen molar-refractivity contribution in [2.24, 2.45) is 0 Å². The number of nitrogens with zero attached hydrogens (tertiary/aromatic N) is 2. The number of carbonyl (C=O) groups is 1. The van der Waals surface area contributed by atoms with Gasteiger partial charge >= 0.3 is 0 Å². The van der Waals surface area contributed by atoms with Crippen LogP contribution in [0.2, 0.25) is 0 Å². The highest BCUT2D eigenvalue weighted by Crippen LogP contribution is 2.25. The molecule has 0 aliphatic carbocycles. The average Bonchev–Trinajstić information content (AvgIpc) is 2.83. The van der Waals surface area contributed by atoms with E-state index in [1.54, 1.807) is 23.8 Å². The summed E-state index contributed by atoms with van der Waals surface area (Å²) in [7, 11) is 0. The number of carbonyl (C=O) groups excluding carboxylic acids is 1. The van der Waals surface area contributed by atoms with E-state index < -0.39 is 0 Å². The lowest BCUT2D eigenvalue weighted by atomic mass is 10.2. The number of Topliss-reactive ketones (excluding diaryl/α,β-unsaturated/α-hetero) is 1. The Morgan fingerprint density at radius 3 is 3.00 bits per heavy atom. The SMILES string of the molecule is CC(=O)c1c(C)nsc1NCc1cncs1. The summed E-state index contributed by atoms with van der Waals surface area (Å²) in [5.41, 5.74) is 3.29. The highest BCUT2D eigenvalue weighted by Gasteiger charge is 2.14. The van der Waals surface area contributed by atoms with E-state index >= 15 is 0 Å². The van der Waals surface area contributed by atoms with Crippen LogP contribution in [0.5, 0.6) is 0 Å². The molecule has 0 saturated heterocycles. The molecule has 16 heavy (non-hydrogen) atoms. The van der Waals surface area contributed by atoms with Crippen molar-refractivity contribution in [2.45, 2.75) is 20.4 Å². The summed E-state index contributed by atoms with van der Waals surface area (Å²) in [4.78, 5) is 16.6. The molecule has 1 N–H and O–H groups in total. The van der Waals surface area contributed by atoms with Crippen LogP contribution in [0.25, 0.3) is 0 Å². The maximum atomic E-state index is 11.4. The first-order chi connectivity index (χ1) is 7.68. The van der Waals surface area contributed by atoms with E-state index in [1.807, 2.05) is 13.1 Å². The first-order valence-corrected chi connectivity index (χ1v) is 6.42. The molecular weight excluding hydrogens is 242 g/mol. The van der Waals surface area contributed by atoms with Crippen molar-refractivity contribution in [3.05, 3.63) is 27.8 Å². The van der Waals surface area contributed by atoms with Crippen LogP contribution in [0.3, 0.4) is 0 Å². The summed E-state index contributed by atoms with van der Waals surface area (Å²) in [5.74, 6) is 0.0538. The van der Waals surface area contributed by atoms with E-state index in [1.165, 1.54) is 11.5 Å². The molecule has 0 bridgehead atoms. The Morgan fingerprint density at radius 1 is 1.56 bits per heavy atom. The number of rotatable bonds is 4. The monoisotopic (exact) mass is 253 g/mol. The third-order valence-electron chi connectivity index (χ3n) is 2.12. The Bertz CT molecular complexity index is 490.